The average molecular weight is 313 g/mol. The van der Waals surface area contributed by atoms with Gasteiger partial charge in [0.2, 0.25) is 0 Å². The molecule has 0 radical (unpaired) electrons. The molecule has 2 heterocycles. The molecule has 0 bridgehead atoms. The Morgan fingerprint density at radius 2 is 2.09 bits per heavy atom. The van der Waals surface area contributed by atoms with Crippen LogP contribution in [-0.4, -0.2) is 40.3 Å². The van der Waals surface area contributed by atoms with Gasteiger partial charge in [-0.2, -0.15) is 5.10 Å². The van der Waals surface area contributed by atoms with Gasteiger partial charge in [-0.15, -0.1) is 0 Å². The number of hydrogen-bond acceptors (Lipinski definition) is 3. The topological polar surface area (TPSA) is 47.4 Å². The van der Waals surface area contributed by atoms with Crippen LogP contribution in [0.5, 0.6) is 0 Å². The van der Waals surface area contributed by atoms with Crippen LogP contribution in [0.1, 0.15) is 38.9 Å². The monoisotopic (exact) mass is 313 g/mol. The van der Waals surface area contributed by atoms with Crippen LogP contribution in [0.4, 0.5) is 0 Å². The van der Waals surface area contributed by atoms with Gasteiger partial charge in [0.15, 0.2) is 0 Å². The largest absolute Gasteiger partial charge is 0.377 e. The van der Waals surface area contributed by atoms with Gasteiger partial charge in [-0.1, -0.05) is 17.7 Å². The predicted molar refractivity (Wildman–Crippen MR) is 88.5 cm³/mol. The Kier molecular flexibility index (Phi) is 4.22. The second kappa shape index (κ2) is 6.16. The minimum absolute atomic E-state index is 0.0599. The Hall–Kier alpha value is -2.14. The lowest BCUT2D eigenvalue weighted by Gasteiger charge is -2.36. The van der Waals surface area contributed by atoms with Crippen molar-refractivity contribution in [3.8, 4) is 0 Å². The quantitative estimate of drug-likeness (QED) is 0.856. The summed E-state index contributed by atoms with van der Waals surface area (Å²) in [5.41, 5.74) is 4.97. The van der Waals surface area contributed by atoms with Crippen molar-refractivity contribution in [2.45, 2.75) is 26.8 Å². The fourth-order valence-corrected chi connectivity index (χ4v) is 3.30. The molecule has 1 aromatic heterocycles. The second-order valence-corrected chi connectivity index (χ2v) is 6.17. The summed E-state index contributed by atoms with van der Waals surface area (Å²) in [6, 6.07) is 7.68. The third-order valence-corrected chi connectivity index (χ3v) is 4.55. The number of benzene rings is 1. The molecule has 5 heteroatoms. The molecule has 0 N–H and O–H groups in total. The van der Waals surface area contributed by atoms with E-state index in [1.165, 1.54) is 0 Å². The van der Waals surface area contributed by atoms with E-state index in [9.17, 15) is 4.79 Å². The summed E-state index contributed by atoms with van der Waals surface area (Å²) in [6.07, 6.45) is 0. The van der Waals surface area contributed by atoms with Gasteiger partial charge in [0.05, 0.1) is 24.9 Å². The molecule has 0 spiro atoms. The molecule has 3 rings (SSSR count). The van der Waals surface area contributed by atoms with Gasteiger partial charge in [0, 0.05) is 30.4 Å². The van der Waals surface area contributed by atoms with Crippen LogP contribution < -0.4 is 0 Å². The lowest BCUT2D eigenvalue weighted by Crippen LogP contribution is -2.43. The highest BCUT2D eigenvalue weighted by Gasteiger charge is 2.32. The third-order valence-electron chi connectivity index (χ3n) is 4.55. The van der Waals surface area contributed by atoms with Crippen molar-refractivity contribution in [1.29, 1.82) is 0 Å². The standard InChI is InChI=1S/C18H23N3O2/c1-12-6-5-7-15(10-12)18(22)21-8-9-23-11-16(21)17-13(2)19-20(4)14(17)3/h5-7,10,16H,8-9,11H2,1-4H3/t16-/m0/s1. The van der Waals surface area contributed by atoms with Crippen molar-refractivity contribution in [3.05, 3.63) is 52.3 Å². The van der Waals surface area contributed by atoms with Crippen molar-refractivity contribution in [1.82, 2.24) is 14.7 Å². The number of carbonyl (C=O) groups excluding carboxylic acids is 1. The Morgan fingerprint density at radius 1 is 1.30 bits per heavy atom. The van der Waals surface area contributed by atoms with E-state index in [-0.39, 0.29) is 11.9 Å². The first-order valence-corrected chi connectivity index (χ1v) is 7.94. The van der Waals surface area contributed by atoms with Gasteiger partial charge in [-0.3, -0.25) is 9.48 Å². The third kappa shape index (κ3) is 2.88. The number of ether oxygens (including phenoxy) is 1. The molecule has 1 saturated heterocycles. The number of nitrogens with zero attached hydrogens (tertiary/aromatic N) is 3. The maximum Gasteiger partial charge on any atom is 0.254 e. The molecule has 1 aromatic carbocycles. The Balaban J connectivity index is 1.97. The lowest BCUT2D eigenvalue weighted by molar-refractivity contribution is -0.00305. The van der Waals surface area contributed by atoms with Gasteiger partial charge in [0.1, 0.15) is 0 Å². The number of morpholine rings is 1. The molecule has 1 amide bonds. The van der Waals surface area contributed by atoms with Crippen LogP contribution in [0.15, 0.2) is 24.3 Å². The first-order chi connectivity index (χ1) is 11.0. The molecule has 5 nitrogen and oxygen atoms in total. The minimum atomic E-state index is -0.0783. The fourth-order valence-electron chi connectivity index (χ4n) is 3.30. The summed E-state index contributed by atoms with van der Waals surface area (Å²) < 4.78 is 7.53. The van der Waals surface area contributed by atoms with Gasteiger partial charge in [-0.25, -0.2) is 0 Å². The van der Waals surface area contributed by atoms with Crippen molar-refractivity contribution >= 4 is 5.91 Å². The zero-order valence-corrected chi connectivity index (χ0v) is 14.2. The van der Waals surface area contributed by atoms with Crippen LogP contribution in [-0.2, 0) is 11.8 Å². The van der Waals surface area contributed by atoms with E-state index < -0.39 is 0 Å². The van der Waals surface area contributed by atoms with E-state index in [0.29, 0.717) is 19.8 Å². The smallest absolute Gasteiger partial charge is 0.254 e. The number of hydrogen-bond donors (Lipinski definition) is 0. The summed E-state index contributed by atoms with van der Waals surface area (Å²) in [5, 5.41) is 4.49. The molecule has 0 aliphatic carbocycles. The summed E-state index contributed by atoms with van der Waals surface area (Å²) >= 11 is 0. The highest BCUT2D eigenvalue weighted by atomic mass is 16.5. The molecule has 1 aliphatic heterocycles. The molecule has 1 atom stereocenters. The zero-order chi connectivity index (χ0) is 16.6. The summed E-state index contributed by atoms with van der Waals surface area (Å²) in [5.74, 6) is 0.0599. The van der Waals surface area contributed by atoms with Crippen LogP contribution in [0, 0.1) is 20.8 Å². The first-order valence-electron chi connectivity index (χ1n) is 7.94. The SMILES string of the molecule is Cc1cccc(C(=O)N2CCOC[C@H]2c2c(C)nn(C)c2C)c1. The van der Waals surface area contributed by atoms with Gasteiger partial charge in [0.25, 0.3) is 5.91 Å². The Labute approximate surface area is 136 Å². The maximum absolute atomic E-state index is 13.0. The van der Waals surface area contributed by atoms with Crippen molar-refractivity contribution in [2.24, 2.45) is 7.05 Å². The van der Waals surface area contributed by atoms with Gasteiger partial charge >= 0.3 is 0 Å². The van der Waals surface area contributed by atoms with E-state index in [1.54, 1.807) is 0 Å². The average Bonchev–Trinajstić information content (AvgIpc) is 2.79. The van der Waals surface area contributed by atoms with E-state index in [2.05, 4.69) is 5.10 Å². The van der Waals surface area contributed by atoms with Crippen LogP contribution in [0.3, 0.4) is 0 Å². The number of aromatic nitrogens is 2. The van der Waals surface area contributed by atoms with E-state index >= 15 is 0 Å². The van der Waals surface area contributed by atoms with Crippen molar-refractivity contribution in [3.63, 3.8) is 0 Å². The Morgan fingerprint density at radius 3 is 2.74 bits per heavy atom. The zero-order valence-electron chi connectivity index (χ0n) is 14.2. The van der Waals surface area contributed by atoms with E-state index in [1.807, 2.05) is 61.7 Å². The molecule has 0 unspecified atom stereocenters. The molecule has 0 saturated carbocycles. The maximum atomic E-state index is 13.0. The molecule has 2 aromatic rings. The van der Waals surface area contributed by atoms with Gasteiger partial charge in [-0.05, 0) is 32.9 Å². The second-order valence-electron chi connectivity index (χ2n) is 6.17. The minimum Gasteiger partial charge on any atom is -0.377 e. The molecule has 122 valence electrons. The molecule has 23 heavy (non-hydrogen) atoms. The molecule has 1 fully saturated rings. The molecular weight excluding hydrogens is 290 g/mol. The fraction of sp³-hybridized carbons (Fsp3) is 0.444. The normalized spacial score (nSPS) is 18.3. The van der Waals surface area contributed by atoms with Gasteiger partial charge < -0.3 is 9.64 Å². The first kappa shape index (κ1) is 15.7. The van der Waals surface area contributed by atoms with Crippen LogP contribution >= 0.6 is 0 Å². The number of carbonyl (C=O) groups is 1. The van der Waals surface area contributed by atoms with Crippen LogP contribution in [0.25, 0.3) is 0 Å². The number of rotatable bonds is 2. The Bertz CT molecular complexity index is 736. The summed E-state index contributed by atoms with van der Waals surface area (Å²) in [6.45, 7) is 7.73. The lowest BCUT2D eigenvalue weighted by atomic mass is 10.0. The highest BCUT2D eigenvalue weighted by Crippen LogP contribution is 2.30. The summed E-state index contributed by atoms with van der Waals surface area (Å²) in [7, 11) is 1.93. The van der Waals surface area contributed by atoms with Crippen molar-refractivity contribution < 1.29 is 9.53 Å². The number of aryl methyl sites for hydroxylation is 3. The molecule has 1 aliphatic rings. The predicted octanol–water partition coefficient (Wildman–Crippen LogP) is 2.56. The van der Waals surface area contributed by atoms with Crippen LogP contribution in [0.2, 0.25) is 0 Å². The molecular formula is C18H23N3O2. The van der Waals surface area contributed by atoms with E-state index in [4.69, 9.17) is 4.74 Å². The van der Waals surface area contributed by atoms with Crippen molar-refractivity contribution in [2.75, 3.05) is 19.8 Å². The summed E-state index contributed by atoms with van der Waals surface area (Å²) in [4.78, 5) is 14.9. The highest BCUT2D eigenvalue weighted by molar-refractivity contribution is 5.94. The van der Waals surface area contributed by atoms with E-state index in [0.717, 1.165) is 28.1 Å². The number of amides is 1.